The number of fused-ring (bicyclic) bond motifs is 1. The van der Waals surface area contributed by atoms with Gasteiger partial charge in [-0.05, 0) is 36.3 Å². The second-order valence-corrected chi connectivity index (χ2v) is 9.63. The SMILES string of the molecule is CC(C)CS(=O)(=O)C1CCN(C(=O)Cn2ccc3ccccc32)CC1. The van der Waals surface area contributed by atoms with E-state index in [4.69, 9.17) is 0 Å². The highest BCUT2D eigenvalue weighted by molar-refractivity contribution is 7.92. The molecule has 2 heterocycles. The number of aromatic nitrogens is 1. The number of benzene rings is 1. The lowest BCUT2D eigenvalue weighted by Crippen LogP contribution is -2.44. The van der Waals surface area contributed by atoms with E-state index in [1.807, 2.05) is 54.9 Å². The molecule has 0 N–H and O–H groups in total. The minimum absolute atomic E-state index is 0.0565. The van der Waals surface area contributed by atoms with Gasteiger partial charge in [0, 0.05) is 24.8 Å². The molecule has 25 heavy (non-hydrogen) atoms. The van der Waals surface area contributed by atoms with Gasteiger partial charge in [0.1, 0.15) is 6.54 Å². The molecule has 3 rings (SSSR count). The van der Waals surface area contributed by atoms with Crippen molar-refractivity contribution < 1.29 is 13.2 Å². The number of sulfone groups is 1. The molecule has 0 bridgehead atoms. The van der Waals surface area contributed by atoms with E-state index in [1.54, 1.807) is 4.90 Å². The lowest BCUT2D eigenvalue weighted by atomic mass is 10.1. The first kappa shape index (κ1) is 18.0. The first-order valence-electron chi connectivity index (χ1n) is 8.90. The van der Waals surface area contributed by atoms with Gasteiger partial charge in [-0.15, -0.1) is 0 Å². The number of nitrogens with zero attached hydrogens (tertiary/aromatic N) is 2. The van der Waals surface area contributed by atoms with Gasteiger partial charge in [0.05, 0.1) is 11.0 Å². The smallest absolute Gasteiger partial charge is 0.242 e. The van der Waals surface area contributed by atoms with Crippen LogP contribution in [0.15, 0.2) is 36.5 Å². The minimum Gasteiger partial charge on any atom is -0.341 e. The summed E-state index contributed by atoms with van der Waals surface area (Å²) in [7, 11) is -3.05. The van der Waals surface area contributed by atoms with Crippen molar-refractivity contribution in [2.75, 3.05) is 18.8 Å². The zero-order chi connectivity index (χ0) is 18.0. The Morgan fingerprint density at radius 3 is 2.52 bits per heavy atom. The van der Waals surface area contributed by atoms with E-state index >= 15 is 0 Å². The topological polar surface area (TPSA) is 59.4 Å². The first-order chi connectivity index (χ1) is 11.9. The highest BCUT2D eigenvalue weighted by Gasteiger charge is 2.31. The van der Waals surface area contributed by atoms with E-state index in [2.05, 4.69) is 0 Å². The maximum atomic E-state index is 12.6. The maximum absolute atomic E-state index is 12.6. The summed E-state index contributed by atoms with van der Waals surface area (Å²) in [6.45, 7) is 5.21. The number of para-hydroxylation sites is 1. The Labute approximate surface area is 149 Å². The van der Waals surface area contributed by atoms with Crippen molar-refractivity contribution in [2.24, 2.45) is 5.92 Å². The van der Waals surface area contributed by atoms with Crippen LogP contribution in [0.2, 0.25) is 0 Å². The molecule has 0 saturated carbocycles. The molecule has 0 unspecified atom stereocenters. The fourth-order valence-electron chi connectivity index (χ4n) is 3.59. The van der Waals surface area contributed by atoms with Crippen LogP contribution in [0, 0.1) is 5.92 Å². The summed E-state index contributed by atoms with van der Waals surface area (Å²) in [6, 6.07) is 9.99. The molecule has 1 amide bonds. The third kappa shape index (κ3) is 4.06. The Balaban J connectivity index is 1.60. The summed E-state index contributed by atoms with van der Waals surface area (Å²) in [5, 5.41) is 0.820. The summed E-state index contributed by atoms with van der Waals surface area (Å²) in [5.74, 6) is 0.439. The van der Waals surface area contributed by atoms with E-state index in [0.717, 1.165) is 10.9 Å². The molecule has 6 heteroatoms. The summed E-state index contributed by atoms with van der Waals surface area (Å²) in [6.07, 6.45) is 3.03. The first-order valence-corrected chi connectivity index (χ1v) is 10.6. The molecule has 1 aliphatic rings. The predicted molar refractivity (Wildman–Crippen MR) is 100 cm³/mol. The van der Waals surface area contributed by atoms with E-state index in [9.17, 15) is 13.2 Å². The van der Waals surface area contributed by atoms with Crippen LogP contribution in [-0.2, 0) is 21.2 Å². The second-order valence-electron chi connectivity index (χ2n) is 7.31. The van der Waals surface area contributed by atoms with Crippen LogP contribution in [0.5, 0.6) is 0 Å². The van der Waals surface area contributed by atoms with Gasteiger partial charge in [-0.2, -0.15) is 0 Å². The Bertz CT molecular complexity index is 846. The molecule has 1 aliphatic heterocycles. The van der Waals surface area contributed by atoms with Crippen molar-refractivity contribution in [1.29, 1.82) is 0 Å². The fraction of sp³-hybridized carbons (Fsp3) is 0.526. The minimum atomic E-state index is -3.05. The van der Waals surface area contributed by atoms with Gasteiger partial charge in [0.2, 0.25) is 5.91 Å². The molecule has 5 nitrogen and oxygen atoms in total. The number of carbonyl (C=O) groups is 1. The average molecular weight is 362 g/mol. The lowest BCUT2D eigenvalue weighted by molar-refractivity contribution is -0.132. The number of likely N-dealkylation sites (tertiary alicyclic amines) is 1. The van der Waals surface area contributed by atoms with E-state index in [0.29, 0.717) is 32.5 Å². The molecule has 0 aliphatic carbocycles. The van der Waals surface area contributed by atoms with Gasteiger partial charge in [-0.25, -0.2) is 8.42 Å². The molecule has 0 spiro atoms. The van der Waals surface area contributed by atoms with Crippen molar-refractivity contribution >= 4 is 26.6 Å². The van der Waals surface area contributed by atoms with Crippen LogP contribution >= 0.6 is 0 Å². The van der Waals surface area contributed by atoms with E-state index < -0.39 is 9.84 Å². The third-order valence-corrected chi connectivity index (χ3v) is 7.47. The monoisotopic (exact) mass is 362 g/mol. The zero-order valence-corrected chi connectivity index (χ0v) is 15.7. The van der Waals surface area contributed by atoms with Crippen molar-refractivity contribution in [2.45, 2.75) is 38.5 Å². The van der Waals surface area contributed by atoms with Gasteiger partial charge in [-0.3, -0.25) is 4.79 Å². The Hall–Kier alpha value is -1.82. The summed E-state index contributed by atoms with van der Waals surface area (Å²) < 4.78 is 26.7. The maximum Gasteiger partial charge on any atom is 0.242 e. The average Bonchev–Trinajstić information content (AvgIpc) is 2.97. The summed E-state index contributed by atoms with van der Waals surface area (Å²) >= 11 is 0. The van der Waals surface area contributed by atoms with Crippen molar-refractivity contribution in [1.82, 2.24) is 9.47 Å². The van der Waals surface area contributed by atoms with Crippen LogP contribution in [0.1, 0.15) is 26.7 Å². The van der Waals surface area contributed by atoms with Gasteiger partial charge < -0.3 is 9.47 Å². The van der Waals surface area contributed by atoms with Crippen LogP contribution in [0.4, 0.5) is 0 Å². The molecular weight excluding hydrogens is 336 g/mol. The largest absolute Gasteiger partial charge is 0.341 e. The number of piperidine rings is 1. The Morgan fingerprint density at radius 1 is 1.16 bits per heavy atom. The molecule has 1 saturated heterocycles. The highest BCUT2D eigenvalue weighted by Crippen LogP contribution is 2.21. The number of hydrogen-bond acceptors (Lipinski definition) is 3. The molecule has 0 atom stereocenters. The second kappa shape index (κ2) is 7.20. The van der Waals surface area contributed by atoms with Crippen LogP contribution in [0.25, 0.3) is 10.9 Å². The van der Waals surface area contributed by atoms with Crippen molar-refractivity contribution in [3.63, 3.8) is 0 Å². The Morgan fingerprint density at radius 2 is 1.84 bits per heavy atom. The van der Waals surface area contributed by atoms with Gasteiger partial charge in [0.25, 0.3) is 0 Å². The number of rotatable bonds is 5. The predicted octanol–water partition coefficient (Wildman–Crippen LogP) is 2.70. The normalized spacial score (nSPS) is 16.7. The van der Waals surface area contributed by atoms with Crippen molar-refractivity contribution in [3.05, 3.63) is 36.5 Å². The standard InChI is InChI=1S/C19H26N2O3S/c1-15(2)14-25(23,24)17-8-11-20(12-9-17)19(22)13-21-10-7-16-5-3-4-6-18(16)21/h3-7,10,15,17H,8-9,11-14H2,1-2H3. The van der Waals surface area contributed by atoms with Gasteiger partial charge in [0.15, 0.2) is 9.84 Å². The molecular formula is C19H26N2O3S. The molecule has 1 aromatic carbocycles. The highest BCUT2D eigenvalue weighted by atomic mass is 32.2. The molecule has 1 fully saturated rings. The summed E-state index contributed by atoms with van der Waals surface area (Å²) in [5.41, 5.74) is 1.05. The number of hydrogen-bond donors (Lipinski definition) is 0. The number of carbonyl (C=O) groups excluding carboxylic acids is 1. The van der Waals surface area contributed by atoms with Crippen LogP contribution in [0.3, 0.4) is 0 Å². The van der Waals surface area contributed by atoms with Crippen LogP contribution in [-0.4, -0.2) is 47.9 Å². The zero-order valence-electron chi connectivity index (χ0n) is 14.9. The quantitative estimate of drug-likeness (QED) is 0.822. The third-order valence-electron chi connectivity index (χ3n) is 4.85. The van der Waals surface area contributed by atoms with E-state index in [1.165, 1.54) is 0 Å². The molecule has 136 valence electrons. The Kier molecular flexibility index (Phi) is 5.18. The van der Waals surface area contributed by atoms with Crippen LogP contribution < -0.4 is 0 Å². The fourth-order valence-corrected chi connectivity index (χ4v) is 5.72. The number of amides is 1. The molecule has 0 radical (unpaired) electrons. The summed E-state index contributed by atoms with van der Waals surface area (Å²) in [4.78, 5) is 14.4. The lowest BCUT2D eigenvalue weighted by Gasteiger charge is -2.32. The van der Waals surface area contributed by atoms with E-state index in [-0.39, 0.29) is 22.8 Å². The van der Waals surface area contributed by atoms with Gasteiger partial charge >= 0.3 is 0 Å². The van der Waals surface area contributed by atoms with Crippen molar-refractivity contribution in [3.8, 4) is 0 Å². The molecule has 2 aromatic rings. The molecule has 1 aromatic heterocycles. The van der Waals surface area contributed by atoms with Gasteiger partial charge in [-0.1, -0.05) is 32.0 Å².